The Bertz CT molecular complexity index is 490. The van der Waals surface area contributed by atoms with Gasteiger partial charge >= 0.3 is 0 Å². The van der Waals surface area contributed by atoms with Gasteiger partial charge in [-0.15, -0.1) is 0 Å². The van der Waals surface area contributed by atoms with E-state index in [4.69, 9.17) is 14.7 Å². The zero-order valence-electron chi connectivity index (χ0n) is 11.8. The van der Waals surface area contributed by atoms with E-state index in [2.05, 4.69) is 5.16 Å². The molecule has 1 saturated carbocycles. The SMILES string of the molecule is COC1CCCC(Oc2ccc(F)cc2/C(C)=N/O)C1. The van der Waals surface area contributed by atoms with Crippen LogP contribution in [0.15, 0.2) is 23.4 Å². The van der Waals surface area contributed by atoms with Crippen LogP contribution in [0.2, 0.25) is 0 Å². The number of hydrogen-bond donors (Lipinski definition) is 1. The first-order valence-corrected chi connectivity index (χ1v) is 6.82. The predicted molar refractivity (Wildman–Crippen MR) is 74.1 cm³/mol. The highest BCUT2D eigenvalue weighted by Crippen LogP contribution is 2.28. The number of nitrogens with zero attached hydrogens (tertiary/aromatic N) is 1. The van der Waals surface area contributed by atoms with Crippen LogP contribution in [0.4, 0.5) is 4.39 Å². The summed E-state index contributed by atoms with van der Waals surface area (Å²) >= 11 is 0. The second kappa shape index (κ2) is 6.70. The van der Waals surface area contributed by atoms with Crippen LogP contribution in [0, 0.1) is 5.82 Å². The lowest BCUT2D eigenvalue weighted by Gasteiger charge is -2.29. The Balaban J connectivity index is 2.16. The molecule has 5 heteroatoms. The zero-order valence-corrected chi connectivity index (χ0v) is 11.8. The lowest BCUT2D eigenvalue weighted by molar-refractivity contribution is 0.0209. The fourth-order valence-corrected chi connectivity index (χ4v) is 2.54. The minimum absolute atomic E-state index is 0.0457. The topological polar surface area (TPSA) is 51.0 Å². The van der Waals surface area contributed by atoms with Gasteiger partial charge in [-0.25, -0.2) is 4.39 Å². The first-order valence-electron chi connectivity index (χ1n) is 6.82. The molecule has 0 aliphatic heterocycles. The van der Waals surface area contributed by atoms with Gasteiger partial charge in [0.25, 0.3) is 0 Å². The minimum atomic E-state index is -0.381. The van der Waals surface area contributed by atoms with Gasteiger partial charge < -0.3 is 14.7 Å². The van der Waals surface area contributed by atoms with Crippen molar-refractivity contribution < 1.29 is 19.1 Å². The van der Waals surface area contributed by atoms with Gasteiger partial charge in [-0.3, -0.25) is 0 Å². The first-order chi connectivity index (χ1) is 9.63. The van der Waals surface area contributed by atoms with E-state index in [-0.39, 0.29) is 18.0 Å². The summed E-state index contributed by atoms with van der Waals surface area (Å²) in [7, 11) is 1.71. The summed E-state index contributed by atoms with van der Waals surface area (Å²) in [6.07, 6.45) is 4.13. The molecule has 1 fully saturated rings. The highest BCUT2D eigenvalue weighted by Gasteiger charge is 2.24. The van der Waals surface area contributed by atoms with Crippen LogP contribution in [0.25, 0.3) is 0 Å². The molecule has 110 valence electrons. The third-order valence-electron chi connectivity index (χ3n) is 3.69. The molecule has 0 heterocycles. The fraction of sp³-hybridized carbons (Fsp3) is 0.533. The Morgan fingerprint density at radius 3 is 2.80 bits per heavy atom. The summed E-state index contributed by atoms with van der Waals surface area (Å²) in [5.41, 5.74) is 0.811. The number of hydrogen-bond acceptors (Lipinski definition) is 4. The van der Waals surface area contributed by atoms with Crippen LogP contribution in [0.5, 0.6) is 5.75 Å². The maximum atomic E-state index is 13.3. The Labute approximate surface area is 118 Å². The van der Waals surface area contributed by atoms with Crippen molar-refractivity contribution in [2.45, 2.75) is 44.8 Å². The summed E-state index contributed by atoms with van der Waals surface area (Å²) in [6.45, 7) is 1.61. The molecule has 1 aliphatic rings. The van der Waals surface area contributed by atoms with E-state index in [1.54, 1.807) is 20.1 Å². The van der Waals surface area contributed by atoms with Gasteiger partial charge in [0, 0.05) is 19.1 Å². The van der Waals surface area contributed by atoms with E-state index in [0.717, 1.165) is 25.7 Å². The summed E-state index contributed by atoms with van der Waals surface area (Å²) in [4.78, 5) is 0. The van der Waals surface area contributed by atoms with E-state index in [1.165, 1.54) is 12.1 Å². The first kappa shape index (κ1) is 14.8. The molecular weight excluding hydrogens is 261 g/mol. The summed E-state index contributed by atoms with van der Waals surface area (Å²) in [6, 6.07) is 4.25. The number of ether oxygens (including phenoxy) is 2. The molecule has 20 heavy (non-hydrogen) atoms. The molecule has 0 amide bonds. The second-order valence-electron chi connectivity index (χ2n) is 5.09. The molecule has 1 aromatic carbocycles. The molecule has 0 saturated heterocycles. The van der Waals surface area contributed by atoms with Crippen LogP contribution in [0.1, 0.15) is 38.2 Å². The van der Waals surface area contributed by atoms with Gasteiger partial charge in [0.15, 0.2) is 0 Å². The van der Waals surface area contributed by atoms with Crippen LogP contribution in [-0.2, 0) is 4.74 Å². The van der Waals surface area contributed by atoms with Crippen molar-refractivity contribution >= 4 is 5.71 Å². The number of methoxy groups -OCH3 is 1. The molecule has 1 aromatic rings. The van der Waals surface area contributed by atoms with E-state index in [0.29, 0.717) is 17.0 Å². The lowest BCUT2D eigenvalue weighted by Crippen LogP contribution is -2.29. The summed E-state index contributed by atoms with van der Waals surface area (Å²) in [5.74, 6) is 0.164. The molecule has 1 N–H and O–H groups in total. The number of rotatable bonds is 4. The van der Waals surface area contributed by atoms with Crippen molar-refractivity contribution in [1.82, 2.24) is 0 Å². The molecule has 0 radical (unpaired) electrons. The summed E-state index contributed by atoms with van der Waals surface area (Å²) in [5, 5.41) is 12.0. The lowest BCUT2D eigenvalue weighted by atomic mass is 9.94. The van der Waals surface area contributed by atoms with Gasteiger partial charge in [-0.05, 0) is 44.4 Å². The molecule has 0 spiro atoms. The average Bonchev–Trinajstić information content (AvgIpc) is 2.48. The van der Waals surface area contributed by atoms with E-state index in [9.17, 15) is 4.39 Å². The molecular formula is C15H20FNO3. The van der Waals surface area contributed by atoms with Gasteiger partial charge in [0.1, 0.15) is 17.7 Å². The second-order valence-corrected chi connectivity index (χ2v) is 5.09. The predicted octanol–water partition coefficient (Wildman–Crippen LogP) is 3.36. The molecule has 2 rings (SSSR count). The Morgan fingerprint density at radius 1 is 1.35 bits per heavy atom. The molecule has 1 aliphatic carbocycles. The van der Waals surface area contributed by atoms with Crippen LogP contribution in [-0.4, -0.2) is 30.2 Å². The van der Waals surface area contributed by atoms with Crippen molar-refractivity contribution in [3.63, 3.8) is 0 Å². The van der Waals surface area contributed by atoms with Crippen LogP contribution in [0.3, 0.4) is 0 Å². The minimum Gasteiger partial charge on any atom is -0.490 e. The van der Waals surface area contributed by atoms with Gasteiger partial charge in [0.2, 0.25) is 0 Å². The molecule has 4 nitrogen and oxygen atoms in total. The standard InChI is InChI=1S/C15H20FNO3/c1-10(17-18)14-8-11(16)6-7-15(14)20-13-5-3-4-12(9-13)19-2/h6-8,12-13,18H,3-5,9H2,1-2H3/b17-10+. The zero-order chi connectivity index (χ0) is 14.5. The Kier molecular flexibility index (Phi) is 4.95. The number of oxime groups is 1. The van der Waals surface area contributed by atoms with E-state index < -0.39 is 0 Å². The van der Waals surface area contributed by atoms with E-state index in [1.807, 2.05) is 0 Å². The smallest absolute Gasteiger partial charge is 0.129 e. The average molecular weight is 281 g/mol. The fourth-order valence-electron chi connectivity index (χ4n) is 2.54. The number of benzene rings is 1. The van der Waals surface area contributed by atoms with Crippen LogP contribution >= 0.6 is 0 Å². The molecule has 0 bridgehead atoms. The van der Waals surface area contributed by atoms with Gasteiger partial charge in [0.05, 0.1) is 11.8 Å². The van der Waals surface area contributed by atoms with Crippen molar-refractivity contribution in [3.8, 4) is 5.75 Å². The van der Waals surface area contributed by atoms with Crippen molar-refractivity contribution in [2.24, 2.45) is 5.16 Å². The molecule has 2 unspecified atom stereocenters. The van der Waals surface area contributed by atoms with Crippen LogP contribution < -0.4 is 4.74 Å². The third-order valence-corrected chi connectivity index (χ3v) is 3.69. The number of halogens is 1. The Morgan fingerprint density at radius 2 is 2.10 bits per heavy atom. The monoisotopic (exact) mass is 281 g/mol. The van der Waals surface area contributed by atoms with Crippen molar-refractivity contribution in [1.29, 1.82) is 0 Å². The van der Waals surface area contributed by atoms with Crippen molar-refractivity contribution in [3.05, 3.63) is 29.6 Å². The van der Waals surface area contributed by atoms with Gasteiger partial charge in [-0.1, -0.05) is 5.16 Å². The normalized spacial score (nSPS) is 23.6. The van der Waals surface area contributed by atoms with E-state index >= 15 is 0 Å². The molecule has 2 atom stereocenters. The highest BCUT2D eigenvalue weighted by atomic mass is 19.1. The maximum absolute atomic E-state index is 13.3. The third kappa shape index (κ3) is 3.48. The largest absolute Gasteiger partial charge is 0.490 e. The Hall–Kier alpha value is -1.62. The summed E-state index contributed by atoms with van der Waals surface area (Å²) < 4.78 is 24.7. The molecule has 0 aromatic heterocycles. The van der Waals surface area contributed by atoms with Crippen molar-refractivity contribution in [2.75, 3.05) is 7.11 Å². The quantitative estimate of drug-likeness (QED) is 0.523. The van der Waals surface area contributed by atoms with Gasteiger partial charge in [-0.2, -0.15) is 0 Å². The highest BCUT2D eigenvalue weighted by molar-refractivity contribution is 6.00. The maximum Gasteiger partial charge on any atom is 0.129 e.